The van der Waals surface area contributed by atoms with Gasteiger partial charge in [-0.3, -0.25) is 38.4 Å². The summed E-state index contributed by atoms with van der Waals surface area (Å²) >= 11 is 8.20. The summed E-state index contributed by atoms with van der Waals surface area (Å²) in [5.41, 5.74) is 0. The second-order valence-corrected chi connectivity index (χ2v) is 48.5. The molecule has 13 atom stereocenters. The fourth-order valence-electron chi connectivity index (χ4n) is 22.5. The number of likely N-dealkylation sites (N-methyl/N-ethyl adjacent to an activating group) is 8. The molecule has 28 nitrogen and oxygen atoms in total. The van der Waals surface area contributed by atoms with E-state index in [0.717, 1.165) is 257 Å². The van der Waals surface area contributed by atoms with Crippen LogP contribution in [0, 0.1) is 41.4 Å². The quantitative estimate of drug-likeness (QED) is 0.0445. The summed E-state index contributed by atoms with van der Waals surface area (Å²) in [6, 6.07) is 0.306. The number of nitrogens with one attached hydrogen (secondary N) is 8. The van der Waals surface area contributed by atoms with Crippen LogP contribution in [0.25, 0.3) is 0 Å². The van der Waals surface area contributed by atoms with Gasteiger partial charge in [-0.1, -0.05) is 19.3 Å². The van der Waals surface area contributed by atoms with Gasteiger partial charge in [0.25, 0.3) is 0 Å². The number of hydrogen-bond acceptors (Lipinski definition) is 24. The SMILES string of the molecule is CNC1CCCCN(CC2CCCC2)C1=O.CNC1CCCCN(CC2CCCCS2)C1=O.CNC1CCCCN(CC2CCCOC2)C1=O.CNC1CCCCN(CC2CCCSC2)C1=O.CNC1CCCCN(CC2CCOCC2)C1=O.CNC1CCCCN(CC2CCS(=O)(=O)C2)C1=O.CNC1CCCCN(CC2CCSC2)C1=O.CNC1CCCCN(CC2CCSCC2)C1=O. The van der Waals surface area contributed by atoms with Gasteiger partial charge in [0.05, 0.1) is 66.4 Å². The van der Waals surface area contributed by atoms with Crippen molar-refractivity contribution >= 4 is 104 Å². The van der Waals surface area contributed by atoms with Gasteiger partial charge in [0, 0.05) is 130 Å². The van der Waals surface area contributed by atoms with Crippen LogP contribution in [-0.2, 0) is 57.7 Å². The van der Waals surface area contributed by atoms with Crippen molar-refractivity contribution in [3.8, 4) is 0 Å². The Morgan fingerprint density at radius 1 is 0.252 bits per heavy atom. The monoisotopic (exact) mass is 1990 g/mol. The lowest BCUT2D eigenvalue weighted by Gasteiger charge is -2.30. The average molecular weight is 1990 g/mol. The lowest BCUT2D eigenvalue weighted by molar-refractivity contribution is -0.134. The smallest absolute Gasteiger partial charge is 0.239 e. The lowest BCUT2D eigenvalue weighted by atomic mass is 9.99. The number of carbonyl (C=O) groups excluding carboxylic acids is 8. The lowest BCUT2D eigenvalue weighted by Crippen LogP contribution is -2.46. The van der Waals surface area contributed by atoms with E-state index in [4.69, 9.17) is 9.47 Å². The van der Waals surface area contributed by atoms with Crippen LogP contribution in [0.15, 0.2) is 0 Å². The fourth-order valence-corrected chi connectivity index (χ4v) is 29.3. The fraction of sp³-hybridized carbons (Fsp3) is 0.922. The number of amides is 8. The van der Waals surface area contributed by atoms with Crippen LogP contribution < -0.4 is 42.5 Å². The first-order valence-electron chi connectivity index (χ1n) is 54.1. The van der Waals surface area contributed by atoms with E-state index in [-0.39, 0.29) is 77.6 Å². The zero-order valence-electron chi connectivity index (χ0n) is 85.3. The van der Waals surface area contributed by atoms with E-state index < -0.39 is 9.84 Å². The van der Waals surface area contributed by atoms with Gasteiger partial charge in [0.2, 0.25) is 47.3 Å². The zero-order chi connectivity index (χ0) is 96.4. The number of carbonyl (C=O) groups is 8. The van der Waals surface area contributed by atoms with E-state index >= 15 is 0 Å². The molecule has 33 heteroatoms. The van der Waals surface area contributed by atoms with E-state index in [0.29, 0.717) is 65.5 Å². The van der Waals surface area contributed by atoms with Crippen molar-refractivity contribution in [2.75, 3.05) is 239 Å². The Morgan fingerprint density at radius 2 is 0.533 bits per heavy atom. The summed E-state index contributed by atoms with van der Waals surface area (Å²) in [6.07, 6.45) is 47.4. The van der Waals surface area contributed by atoms with Crippen molar-refractivity contribution in [2.45, 2.75) is 317 Å². The highest BCUT2D eigenvalue weighted by molar-refractivity contribution is 8.00. The summed E-state index contributed by atoms with van der Waals surface area (Å²) < 4.78 is 33.7. The Bertz CT molecular complexity index is 3110. The predicted octanol–water partition coefficient (Wildman–Crippen LogP) is 10.5. The van der Waals surface area contributed by atoms with Crippen LogP contribution in [0.1, 0.15) is 263 Å². The molecule has 0 aromatic rings. The Hall–Kier alpha value is -3.29. The second kappa shape index (κ2) is 65.9. The van der Waals surface area contributed by atoms with Gasteiger partial charge in [-0.25, -0.2) is 8.42 Å². The molecule has 16 fully saturated rings. The highest BCUT2D eigenvalue weighted by Gasteiger charge is 2.38. The van der Waals surface area contributed by atoms with Crippen LogP contribution in [0.5, 0.6) is 0 Å². The first-order chi connectivity index (χ1) is 65.7. The number of nitrogens with zero attached hydrogens (tertiary/aromatic N) is 8. The molecule has 1 aliphatic carbocycles. The molecule has 13 unspecified atom stereocenters. The molecule has 8 N–H and O–H groups in total. The third-order valence-electron chi connectivity index (χ3n) is 31.1. The maximum atomic E-state index is 12.3. The van der Waals surface area contributed by atoms with Gasteiger partial charge in [0.1, 0.15) is 0 Å². The summed E-state index contributed by atoms with van der Waals surface area (Å²) in [5, 5.41) is 25.8. The maximum Gasteiger partial charge on any atom is 0.239 e. The summed E-state index contributed by atoms with van der Waals surface area (Å²) in [6.45, 7) is 18.3. The van der Waals surface area contributed by atoms with E-state index in [1.54, 1.807) is 0 Å². The van der Waals surface area contributed by atoms with Crippen molar-refractivity contribution in [1.82, 2.24) is 81.7 Å². The summed E-state index contributed by atoms with van der Waals surface area (Å²) in [4.78, 5) is 115. The van der Waals surface area contributed by atoms with Crippen molar-refractivity contribution < 1.29 is 56.2 Å². The van der Waals surface area contributed by atoms with Crippen LogP contribution in [0.2, 0.25) is 0 Å². The molecule has 8 amide bonds. The maximum absolute atomic E-state index is 12.3. The molecule has 15 aliphatic heterocycles. The van der Waals surface area contributed by atoms with Crippen molar-refractivity contribution in [1.29, 1.82) is 0 Å². The van der Waals surface area contributed by atoms with Gasteiger partial charge < -0.3 is 91.2 Å². The van der Waals surface area contributed by atoms with Crippen molar-refractivity contribution in [3.63, 3.8) is 0 Å². The van der Waals surface area contributed by atoms with Gasteiger partial charge in [-0.15, -0.1) is 0 Å². The first-order valence-corrected chi connectivity index (χ1v) is 60.4. The third kappa shape index (κ3) is 41.0. The number of likely N-dealkylation sites (tertiary alicyclic amines) is 8. The molecule has 1 saturated carbocycles. The van der Waals surface area contributed by atoms with Crippen LogP contribution >= 0.6 is 47.0 Å². The molecule has 0 bridgehead atoms. The second-order valence-electron chi connectivity index (χ2n) is 41.4. The minimum Gasteiger partial charge on any atom is -0.381 e. The van der Waals surface area contributed by atoms with Crippen LogP contribution in [-0.4, -0.2) is 388 Å². The van der Waals surface area contributed by atoms with Gasteiger partial charge in [-0.05, 0) is 382 Å². The van der Waals surface area contributed by atoms with E-state index in [9.17, 15) is 46.8 Å². The Kier molecular flexibility index (Phi) is 56.3. The minimum absolute atomic E-state index is 0.0296. The Balaban J connectivity index is 0.000000173. The average Bonchev–Trinajstić information content (AvgIpc) is 1.01. The third-order valence-corrected chi connectivity index (χ3v) is 37.9. The number of rotatable bonds is 24. The molecule has 15 heterocycles. The molecule has 16 aliphatic rings. The normalized spacial score (nSPS) is 30.4. The molecule has 0 aromatic heterocycles. The molecule has 135 heavy (non-hydrogen) atoms. The first kappa shape index (κ1) is 115. The van der Waals surface area contributed by atoms with E-state index in [1.165, 1.54) is 188 Å². The van der Waals surface area contributed by atoms with Gasteiger partial charge in [-0.2, -0.15) is 47.0 Å². The molecule has 0 aromatic carbocycles. The van der Waals surface area contributed by atoms with Crippen LogP contribution in [0.3, 0.4) is 0 Å². The molecule has 778 valence electrons. The zero-order valence-corrected chi connectivity index (χ0v) is 89.3. The summed E-state index contributed by atoms with van der Waals surface area (Å²) in [7, 11) is 12.3. The van der Waals surface area contributed by atoms with Crippen molar-refractivity contribution in [2.24, 2.45) is 41.4 Å². The number of thioether (sulfide) groups is 4. The van der Waals surface area contributed by atoms with Crippen LogP contribution in [0.4, 0.5) is 0 Å². The van der Waals surface area contributed by atoms with Crippen molar-refractivity contribution in [3.05, 3.63) is 0 Å². The number of ether oxygens (including phenoxy) is 2. The van der Waals surface area contributed by atoms with E-state index in [2.05, 4.69) is 107 Å². The highest BCUT2D eigenvalue weighted by Crippen LogP contribution is 2.33. The largest absolute Gasteiger partial charge is 0.381 e. The standard InChI is InChI=1S/2C13H24N2O2.3C13H24N2OS.C13H24N2O.C12H22N2O3S.C12H22N2OS/c1-14-12-6-2-3-7-15(13(12)16)9-11-5-4-8-17-10-11;1-14-12-4-2-3-7-15(13(12)16)10-11-5-8-17-9-6-11;1-14-12-7-2-4-8-15(13(12)16)10-11-6-3-5-9-17-11;1-14-12-6-2-3-7-15(13(12)16)9-11-5-4-8-17-10-11;1-14-12-4-2-3-7-15(13(12)16)10-11-5-8-17-9-6-11;1-14-12-8-4-5-9-15(13(12)16)10-11-6-2-3-7-11;1-13-11-4-2-3-6-14(12(11)15)8-10-5-7-18(16,17)9-10;1-13-11-4-2-3-6-14(12(11)15)8-10-5-7-16-9-10/h5*11-12,14H,2-10H2,1H3;11-12,14H,2-10H2,1H3;10-11,13H,2-9H2,1H3;10-11,13H,2-9H2,1H3. The molecular weight excluding hydrogens is 1800 g/mol. The molecular formula is C102H188N16O12S5. The topological polar surface area (TPSA) is 311 Å². The van der Waals surface area contributed by atoms with Gasteiger partial charge in [0.15, 0.2) is 9.84 Å². The molecule has 16 rings (SSSR count). The Labute approximate surface area is 834 Å². The number of hydrogen-bond donors (Lipinski definition) is 8. The minimum atomic E-state index is -2.85. The number of sulfone groups is 1. The molecule has 0 spiro atoms. The van der Waals surface area contributed by atoms with Gasteiger partial charge >= 0.3 is 0 Å². The predicted molar refractivity (Wildman–Crippen MR) is 558 cm³/mol. The Morgan fingerprint density at radius 3 is 0.844 bits per heavy atom. The van der Waals surface area contributed by atoms with E-state index in [1.807, 2.05) is 77.9 Å². The molecule has 0 radical (unpaired) electrons. The summed E-state index contributed by atoms with van der Waals surface area (Å²) in [5.74, 6) is 16.2. The molecule has 15 saturated heterocycles. The highest BCUT2D eigenvalue weighted by atomic mass is 32.2.